The zero-order chi connectivity index (χ0) is 20.0. The summed E-state index contributed by atoms with van der Waals surface area (Å²) in [6.07, 6.45) is 1.03. The molecule has 0 spiro atoms. The minimum Gasteiger partial charge on any atom is -0.497 e. The maximum atomic E-state index is 12.7. The van der Waals surface area contributed by atoms with Crippen molar-refractivity contribution in [3.05, 3.63) is 47.3 Å². The van der Waals surface area contributed by atoms with Gasteiger partial charge in [0.05, 0.1) is 14.2 Å². The topological polar surface area (TPSA) is 64.8 Å². The van der Waals surface area contributed by atoms with E-state index in [0.29, 0.717) is 5.69 Å². The summed E-state index contributed by atoms with van der Waals surface area (Å²) in [4.78, 5) is 25.8. The molecule has 1 heterocycles. The molecule has 1 aromatic heterocycles. The number of methoxy groups -OCH3 is 1. The maximum Gasteiger partial charge on any atom is 0.279 e. The summed E-state index contributed by atoms with van der Waals surface area (Å²) in [5.41, 5.74) is 3.58. The predicted octanol–water partition coefficient (Wildman–Crippen LogP) is 1.86. The number of ether oxygens (including phenoxy) is 1. The van der Waals surface area contributed by atoms with Crippen LogP contribution in [0.15, 0.2) is 30.3 Å². The van der Waals surface area contributed by atoms with Gasteiger partial charge in [0, 0.05) is 29.2 Å². The number of quaternary nitrogens is 1. The number of nitrogens with one attached hydrogen (secondary N) is 2. The van der Waals surface area contributed by atoms with Crippen LogP contribution in [0.4, 0.5) is 5.69 Å². The van der Waals surface area contributed by atoms with Gasteiger partial charge in [-0.25, -0.2) is 0 Å². The van der Waals surface area contributed by atoms with Gasteiger partial charge in [0.15, 0.2) is 6.54 Å². The van der Waals surface area contributed by atoms with Crippen LogP contribution in [-0.2, 0) is 11.3 Å². The molecule has 0 saturated carbocycles. The summed E-state index contributed by atoms with van der Waals surface area (Å²) in [5.74, 6) is 0.684. The maximum absolute atomic E-state index is 12.7. The van der Waals surface area contributed by atoms with Crippen molar-refractivity contribution in [2.45, 2.75) is 33.7 Å². The fourth-order valence-corrected chi connectivity index (χ4v) is 3.24. The van der Waals surface area contributed by atoms with Crippen LogP contribution in [0.5, 0.6) is 5.75 Å². The molecule has 1 atom stereocenters. The van der Waals surface area contributed by atoms with Crippen molar-refractivity contribution in [2.75, 3.05) is 32.6 Å². The monoisotopic (exact) mass is 372 g/mol. The number of aromatic nitrogens is 1. The normalized spacial score (nSPS) is 11.9. The van der Waals surface area contributed by atoms with Gasteiger partial charge in [-0.3, -0.25) is 9.59 Å². The van der Waals surface area contributed by atoms with Gasteiger partial charge in [-0.2, -0.15) is 0 Å². The number of anilines is 1. The Bertz CT molecular complexity index is 794. The number of likely N-dealkylation sites (N-methyl/N-ethyl adjacent to an activating group) is 1. The van der Waals surface area contributed by atoms with E-state index in [4.69, 9.17) is 4.74 Å². The number of benzene rings is 1. The summed E-state index contributed by atoms with van der Waals surface area (Å²) in [6.45, 7) is 7.56. The molecule has 0 aliphatic rings. The van der Waals surface area contributed by atoms with Gasteiger partial charge in [-0.1, -0.05) is 6.92 Å². The fourth-order valence-electron chi connectivity index (χ4n) is 3.24. The number of carbonyl (C=O) groups excluding carboxylic acids is 2. The van der Waals surface area contributed by atoms with Crippen molar-refractivity contribution in [1.82, 2.24) is 4.57 Å². The number of rotatable bonds is 9. The average molecular weight is 372 g/mol. The molecule has 0 saturated heterocycles. The standard InChI is InChI=1S/C21H29N3O3/c1-6-11-24-15(2)12-19(16(24)3)20(25)13-23(4)14-21(26)22-17-7-9-18(27-5)10-8-17/h7-10,12H,6,11,13-14H2,1-5H3,(H,22,26)/p+1. The van der Waals surface area contributed by atoms with Crippen molar-refractivity contribution < 1.29 is 19.2 Å². The van der Waals surface area contributed by atoms with Crippen molar-refractivity contribution in [3.63, 3.8) is 0 Å². The van der Waals surface area contributed by atoms with Gasteiger partial charge in [0.25, 0.3) is 5.91 Å². The van der Waals surface area contributed by atoms with E-state index >= 15 is 0 Å². The molecule has 0 bridgehead atoms. The second kappa shape index (κ2) is 9.37. The van der Waals surface area contributed by atoms with Gasteiger partial charge in [0.1, 0.15) is 12.3 Å². The zero-order valence-electron chi connectivity index (χ0n) is 16.9. The van der Waals surface area contributed by atoms with Crippen molar-refractivity contribution in [3.8, 4) is 5.75 Å². The first-order valence-electron chi connectivity index (χ1n) is 9.30. The number of carbonyl (C=O) groups is 2. The summed E-state index contributed by atoms with van der Waals surface area (Å²) < 4.78 is 7.28. The fraction of sp³-hybridized carbons (Fsp3) is 0.429. The van der Waals surface area contributed by atoms with Crippen molar-refractivity contribution in [2.24, 2.45) is 0 Å². The van der Waals surface area contributed by atoms with Crippen LogP contribution >= 0.6 is 0 Å². The van der Waals surface area contributed by atoms with Gasteiger partial charge >= 0.3 is 0 Å². The Kier molecular flexibility index (Phi) is 7.19. The minimum atomic E-state index is -0.123. The number of hydrogen-bond donors (Lipinski definition) is 2. The summed E-state index contributed by atoms with van der Waals surface area (Å²) in [7, 11) is 3.46. The Morgan fingerprint density at radius 1 is 1.15 bits per heavy atom. The van der Waals surface area contributed by atoms with Gasteiger partial charge in [0.2, 0.25) is 5.78 Å². The molecular formula is C21H30N3O3+. The predicted molar refractivity (Wildman–Crippen MR) is 107 cm³/mol. The summed E-state index contributed by atoms with van der Waals surface area (Å²) in [6, 6.07) is 9.13. The number of amides is 1. The molecule has 1 aromatic carbocycles. The largest absolute Gasteiger partial charge is 0.497 e. The summed E-state index contributed by atoms with van der Waals surface area (Å²) >= 11 is 0. The number of Topliss-reactive ketones (excluding diaryl/α,β-unsaturated/α-hetero) is 1. The smallest absolute Gasteiger partial charge is 0.279 e. The number of aryl methyl sites for hydroxylation is 1. The molecule has 0 aliphatic carbocycles. The van der Waals surface area contributed by atoms with Gasteiger partial charge in [-0.15, -0.1) is 0 Å². The molecule has 6 heteroatoms. The highest BCUT2D eigenvalue weighted by Gasteiger charge is 2.20. The lowest BCUT2D eigenvalue weighted by Crippen LogP contribution is -3.11. The lowest BCUT2D eigenvalue weighted by Gasteiger charge is -2.13. The molecule has 2 N–H and O–H groups in total. The molecule has 0 fully saturated rings. The Labute approximate surface area is 161 Å². The zero-order valence-corrected chi connectivity index (χ0v) is 16.9. The van der Waals surface area contributed by atoms with E-state index in [-0.39, 0.29) is 24.8 Å². The Morgan fingerprint density at radius 3 is 2.41 bits per heavy atom. The van der Waals surface area contributed by atoms with E-state index in [0.717, 1.165) is 40.6 Å². The van der Waals surface area contributed by atoms with Crippen LogP contribution in [-0.4, -0.2) is 43.5 Å². The van der Waals surface area contributed by atoms with Crippen molar-refractivity contribution in [1.29, 1.82) is 0 Å². The first kappa shape index (κ1) is 20.7. The third-order valence-corrected chi connectivity index (χ3v) is 4.62. The molecule has 1 amide bonds. The minimum absolute atomic E-state index is 0.0696. The van der Waals surface area contributed by atoms with Crippen LogP contribution in [0.25, 0.3) is 0 Å². The molecule has 0 radical (unpaired) electrons. The lowest BCUT2D eigenvalue weighted by atomic mass is 10.1. The van der Waals surface area contributed by atoms with Crippen LogP contribution in [0.3, 0.4) is 0 Å². The third kappa shape index (κ3) is 5.44. The number of nitrogens with zero attached hydrogens (tertiary/aromatic N) is 1. The average Bonchev–Trinajstić information content (AvgIpc) is 2.90. The number of hydrogen-bond acceptors (Lipinski definition) is 3. The Morgan fingerprint density at radius 2 is 1.81 bits per heavy atom. The van der Waals surface area contributed by atoms with Crippen LogP contribution < -0.4 is 15.0 Å². The van der Waals surface area contributed by atoms with Gasteiger partial charge < -0.3 is 19.5 Å². The van der Waals surface area contributed by atoms with Crippen LogP contribution in [0.1, 0.15) is 35.1 Å². The van der Waals surface area contributed by atoms with E-state index < -0.39 is 0 Å². The molecule has 27 heavy (non-hydrogen) atoms. The van der Waals surface area contributed by atoms with E-state index in [2.05, 4.69) is 16.8 Å². The Hall–Kier alpha value is -2.60. The molecule has 1 unspecified atom stereocenters. The third-order valence-electron chi connectivity index (χ3n) is 4.62. The molecule has 0 aliphatic heterocycles. The van der Waals surface area contributed by atoms with Gasteiger partial charge in [-0.05, 0) is 50.6 Å². The van der Waals surface area contributed by atoms with Crippen LogP contribution in [0.2, 0.25) is 0 Å². The van der Waals surface area contributed by atoms with E-state index in [1.807, 2.05) is 27.0 Å². The molecule has 146 valence electrons. The van der Waals surface area contributed by atoms with E-state index in [1.54, 1.807) is 31.4 Å². The van der Waals surface area contributed by atoms with E-state index in [9.17, 15) is 9.59 Å². The molecular weight excluding hydrogens is 342 g/mol. The highest BCUT2D eigenvalue weighted by atomic mass is 16.5. The second-order valence-corrected chi connectivity index (χ2v) is 6.95. The summed E-state index contributed by atoms with van der Waals surface area (Å²) in [5, 5.41) is 2.85. The second-order valence-electron chi connectivity index (χ2n) is 6.95. The molecule has 6 nitrogen and oxygen atoms in total. The van der Waals surface area contributed by atoms with Crippen LogP contribution in [0, 0.1) is 13.8 Å². The molecule has 2 aromatic rings. The molecule has 2 rings (SSSR count). The first-order chi connectivity index (χ1) is 12.8. The van der Waals surface area contributed by atoms with Crippen molar-refractivity contribution >= 4 is 17.4 Å². The SMILES string of the molecule is CCCn1c(C)cc(C(=O)C[NH+](C)CC(=O)Nc2ccc(OC)cc2)c1C. The first-order valence-corrected chi connectivity index (χ1v) is 9.30. The van der Waals surface area contributed by atoms with E-state index in [1.165, 1.54) is 0 Å². The Balaban J connectivity index is 1.92. The quantitative estimate of drug-likeness (QED) is 0.661. The lowest BCUT2D eigenvalue weighted by molar-refractivity contribution is -0.861. The number of ketones is 1. The highest BCUT2D eigenvalue weighted by molar-refractivity contribution is 5.98. The highest BCUT2D eigenvalue weighted by Crippen LogP contribution is 2.16.